The Morgan fingerprint density at radius 2 is 1.92 bits per heavy atom. The monoisotopic (exact) mass is 199 g/mol. The van der Waals surface area contributed by atoms with E-state index in [0.717, 1.165) is 0 Å². The topological polar surface area (TPSA) is 17.1 Å². The highest BCUT2D eigenvalue weighted by Crippen LogP contribution is 2.07. The summed E-state index contributed by atoms with van der Waals surface area (Å²) >= 11 is 5.45. The van der Waals surface area contributed by atoms with E-state index in [4.69, 9.17) is 11.6 Å². The smallest absolute Gasteiger partial charge is 0.162 e. The van der Waals surface area contributed by atoms with Gasteiger partial charge in [0, 0.05) is 17.9 Å². The van der Waals surface area contributed by atoms with Gasteiger partial charge in [-0.15, -0.1) is 11.6 Å². The number of carbonyl (C=O) groups excluding carboxylic acids is 1. The molecule has 0 aliphatic carbocycles. The van der Waals surface area contributed by atoms with Crippen LogP contribution in [0.2, 0.25) is 0 Å². The number of benzene rings is 1. The Morgan fingerprint density at radius 3 is 2.46 bits per heavy atom. The molecule has 1 rings (SSSR count). The summed E-state index contributed by atoms with van der Waals surface area (Å²) in [7, 11) is 0. The predicted octanol–water partition coefficient (Wildman–Crippen LogP) is 3.03. The molecule has 0 radical (unpaired) electrons. The summed E-state index contributed by atoms with van der Waals surface area (Å²) in [5.41, 5.74) is 0.548. The van der Waals surface area contributed by atoms with Gasteiger partial charge in [0.15, 0.2) is 5.78 Å². The summed E-state index contributed by atoms with van der Waals surface area (Å²) in [5, 5.41) is 0. The largest absolute Gasteiger partial charge is 0.294 e. The summed E-state index contributed by atoms with van der Waals surface area (Å²) in [4.78, 5) is 11.3. The molecule has 0 amide bonds. The van der Waals surface area contributed by atoms with Crippen LogP contribution in [0, 0.1) is 5.82 Å². The van der Waals surface area contributed by atoms with Crippen LogP contribution in [0.5, 0.6) is 0 Å². The number of carbonyl (C=O) groups is 1. The van der Waals surface area contributed by atoms with Crippen LogP contribution in [0.3, 0.4) is 0 Å². The van der Waals surface area contributed by atoms with E-state index < -0.39 is 0 Å². The molecule has 3 heteroatoms. The fraction of sp³-hybridized carbons (Fsp3) is 0.300. The van der Waals surface area contributed by atoms with E-state index in [0.29, 0.717) is 24.3 Å². The minimum atomic E-state index is -0.325. The van der Waals surface area contributed by atoms with Crippen LogP contribution in [-0.4, -0.2) is 11.7 Å². The van der Waals surface area contributed by atoms with Gasteiger partial charge in [-0.25, -0.2) is 4.39 Å². The number of hydrogen-bond donors (Lipinski definition) is 0. The molecule has 1 aromatic carbocycles. The summed E-state index contributed by atoms with van der Waals surface area (Å²) in [6.45, 7) is 0. The summed E-state index contributed by atoms with van der Waals surface area (Å²) in [5.74, 6) is 0.168. The Kier molecular flexibility index (Phi) is 3.90. The molecule has 0 aromatic heterocycles. The van der Waals surface area contributed by atoms with Crippen molar-refractivity contribution < 1.29 is 9.18 Å². The van der Waals surface area contributed by atoms with Crippen molar-refractivity contribution in [2.24, 2.45) is 0 Å². The number of halogens is 2. The van der Waals surface area contributed by atoms with Gasteiger partial charge >= 0.3 is 0 Å². The van der Waals surface area contributed by atoms with Gasteiger partial charge in [-0.2, -0.15) is 0 Å². The molecule has 0 aliphatic rings. The summed E-state index contributed by atoms with van der Waals surface area (Å²) in [6.07, 6.45) is 1.09. The van der Waals surface area contributed by atoms with Crippen LogP contribution in [-0.2, 0) is 0 Å². The lowest BCUT2D eigenvalue weighted by Gasteiger charge is -1.98. The summed E-state index contributed by atoms with van der Waals surface area (Å²) in [6, 6.07) is 5.56. The molecular formula is C10H10ClFO. The van der Waals surface area contributed by atoms with Gasteiger partial charge in [-0.3, -0.25) is 4.79 Å². The highest BCUT2D eigenvalue weighted by atomic mass is 35.5. The molecule has 0 aliphatic heterocycles. The second-order valence-corrected chi connectivity index (χ2v) is 3.10. The lowest BCUT2D eigenvalue weighted by molar-refractivity contribution is 0.0982. The molecule has 0 spiro atoms. The van der Waals surface area contributed by atoms with Crippen LogP contribution in [0.4, 0.5) is 4.39 Å². The molecule has 0 saturated carbocycles. The maximum atomic E-state index is 12.5. The molecule has 0 bridgehead atoms. The van der Waals surface area contributed by atoms with Crippen LogP contribution in [0.15, 0.2) is 24.3 Å². The van der Waals surface area contributed by atoms with Gasteiger partial charge in [-0.1, -0.05) is 0 Å². The molecule has 0 N–H and O–H groups in total. The molecule has 70 valence electrons. The van der Waals surface area contributed by atoms with Crippen molar-refractivity contribution in [1.82, 2.24) is 0 Å². The first-order valence-corrected chi connectivity index (χ1v) is 4.62. The van der Waals surface area contributed by atoms with Crippen LogP contribution in [0.25, 0.3) is 0 Å². The average Bonchev–Trinajstić information content (AvgIpc) is 2.15. The van der Waals surface area contributed by atoms with E-state index >= 15 is 0 Å². The first kappa shape index (κ1) is 10.2. The standard InChI is InChI=1S/C10H10ClFO/c11-7-1-2-10(13)8-3-5-9(12)6-4-8/h3-6H,1-2,7H2/i12-1. The zero-order valence-corrected chi connectivity index (χ0v) is 7.85. The quantitative estimate of drug-likeness (QED) is 0.538. The Bertz CT molecular complexity index is 281. The SMILES string of the molecule is O=C(CCCCl)c1ccc([18F])cc1. The van der Waals surface area contributed by atoms with Gasteiger partial charge in [0.2, 0.25) is 0 Å². The van der Waals surface area contributed by atoms with Crippen LogP contribution >= 0.6 is 11.6 Å². The maximum Gasteiger partial charge on any atom is 0.162 e. The van der Waals surface area contributed by atoms with E-state index in [1.807, 2.05) is 0 Å². The fourth-order valence-corrected chi connectivity index (χ4v) is 1.14. The van der Waals surface area contributed by atoms with Gasteiger partial charge < -0.3 is 0 Å². The van der Waals surface area contributed by atoms with E-state index in [-0.39, 0.29) is 11.6 Å². The molecule has 1 aromatic rings. The van der Waals surface area contributed by atoms with Gasteiger partial charge in [-0.05, 0) is 30.7 Å². The Labute approximate surface area is 81.5 Å². The zero-order valence-electron chi connectivity index (χ0n) is 7.09. The second kappa shape index (κ2) is 4.97. The van der Waals surface area contributed by atoms with E-state index in [2.05, 4.69) is 0 Å². The van der Waals surface area contributed by atoms with Crippen molar-refractivity contribution in [3.63, 3.8) is 0 Å². The number of Topliss-reactive ketones (excluding diaryl/α,β-unsaturated/α-hetero) is 1. The molecule has 0 heterocycles. The number of rotatable bonds is 4. The maximum absolute atomic E-state index is 12.5. The minimum Gasteiger partial charge on any atom is -0.294 e. The van der Waals surface area contributed by atoms with E-state index in [1.54, 1.807) is 0 Å². The highest BCUT2D eigenvalue weighted by molar-refractivity contribution is 6.18. The lowest BCUT2D eigenvalue weighted by atomic mass is 10.1. The van der Waals surface area contributed by atoms with Crippen molar-refractivity contribution in [1.29, 1.82) is 0 Å². The zero-order chi connectivity index (χ0) is 9.68. The number of alkyl halides is 1. The lowest BCUT2D eigenvalue weighted by Crippen LogP contribution is -1.98. The van der Waals surface area contributed by atoms with E-state index in [9.17, 15) is 9.18 Å². The van der Waals surface area contributed by atoms with Crippen molar-refractivity contribution in [3.05, 3.63) is 35.6 Å². The first-order chi connectivity index (χ1) is 6.24. The van der Waals surface area contributed by atoms with Crippen LogP contribution < -0.4 is 0 Å². The Balaban J connectivity index is 2.61. The number of ketones is 1. The van der Waals surface area contributed by atoms with Crippen molar-refractivity contribution in [2.45, 2.75) is 12.8 Å². The predicted molar refractivity (Wildman–Crippen MR) is 50.7 cm³/mol. The summed E-state index contributed by atoms with van der Waals surface area (Å²) < 4.78 is 12.5. The third kappa shape index (κ3) is 3.15. The van der Waals surface area contributed by atoms with Gasteiger partial charge in [0.1, 0.15) is 5.82 Å². The fourth-order valence-electron chi connectivity index (χ4n) is 1.01. The molecule has 1 nitrogen and oxygen atoms in total. The molecule has 13 heavy (non-hydrogen) atoms. The van der Waals surface area contributed by atoms with Crippen LogP contribution in [0.1, 0.15) is 23.2 Å². The highest BCUT2D eigenvalue weighted by Gasteiger charge is 2.04. The first-order valence-electron chi connectivity index (χ1n) is 4.09. The average molecular weight is 200 g/mol. The third-order valence-electron chi connectivity index (χ3n) is 1.70. The minimum absolute atomic E-state index is 0.0145. The normalized spacial score (nSPS) is 10.0. The molecule has 0 saturated heterocycles. The second-order valence-electron chi connectivity index (χ2n) is 2.72. The molecule has 0 atom stereocenters. The van der Waals surface area contributed by atoms with E-state index in [1.165, 1.54) is 24.3 Å². The van der Waals surface area contributed by atoms with Crippen molar-refractivity contribution in [3.8, 4) is 0 Å². The van der Waals surface area contributed by atoms with Gasteiger partial charge in [0.05, 0.1) is 0 Å². The Hall–Kier alpha value is -0.890. The van der Waals surface area contributed by atoms with Crippen molar-refractivity contribution >= 4 is 17.4 Å². The van der Waals surface area contributed by atoms with Crippen molar-refractivity contribution in [2.75, 3.05) is 5.88 Å². The number of hydrogen-bond acceptors (Lipinski definition) is 1. The van der Waals surface area contributed by atoms with Gasteiger partial charge in [0.25, 0.3) is 0 Å². The third-order valence-corrected chi connectivity index (χ3v) is 1.97. The Morgan fingerprint density at radius 1 is 1.31 bits per heavy atom. The molecule has 0 fully saturated rings. The molecule has 0 unspecified atom stereocenters. The molecular weight excluding hydrogens is 190 g/mol.